The summed E-state index contributed by atoms with van der Waals surface area (Å²) in [7, 11) is 1.80. The molecule has 0 aliphatic carbocycles. The van der Waals surface area contributed by atoms with Crippen LogP contribution in [0.2, 0.25) is 0 Å². The largest absolute Gasteiger partial charge is 0.437 e. The molecule has 3 aromatic carbocycles. The van der Waals surface area contributed by atoms with E-state index >= 15 is 0 Å². The van der Waals surface area contributed by atoms with Crippen LogP contribution in [-0.4, -0.2) is 32.8 Å². The molecule has 7 nitrogen and oxygen atoms in total. The number of ether oxygens (including phenoxy) is 1. The van der Waals surface area contributed by atoms with E-state index in [0.29, 0.717) is 40.7 Å². The van der Waals surface area contributed by atoms with Crippen molar-refractivity contribution in [2.75, 3.05) is 12.4 Å². The summed E-state index contributed by atoms with van der Waals surface area (Å²) in [6.45, 7) is 6.97. The van der Waals surface area contributed by atoms with Gasteiger partial charge < -0.3 is 19.9 Å². The molecule has 2 aromatic heterocycles. The van der Waals surface area contributed by atoms with Crippen LogP contribution in [-0.2, 0) is 12.0 Å². The number of fused-ring (bicyclic) bond motifs is 1. The molecular weight excluding hydrogens is 474 g/mol. The highest BCUT2D eigenvalue weighted by molar-refractivity contribution is 6.05. The number of aromatic amines is 1. The summed E-state index contributed by atoms with van der Waals surface area (Å²) in [5.41, 5.74) is 4.64. The zero-order valence-electron chi connectivity index (χ0n) is 22.0. The van der Waals surface area contributed by atoms with Crippen LogP contribution in [0.3, 0.4) is 0 Å². The average Bonchev–Trinajstić information content (AvgIpc) is 3.32. The van der Waals surface area contributed by atoms with Crippen molar-refractivity contribution in [1.82, 2.24) is 19.9 Å². The predicted octanol–water partition coefficient (Wildman–Crippen LogP) is 7.06. The second kappa shape index (κ2) is 10.4. The average molecular weight is 506 g/mol. The van der Waals surface area contributed by atoms with Crippen LogP contribution in [0.25, 0.3) is 11.0 Å². The SMILES string of the molecule is CN(Cc1ccccc1)C(=O)c1cccc2nc(Nc3cccnc3Oc3ccccc3C(C)(C)C)[nH]c12. The van der Waals surface area contributed by atoms with E-state index in [-0.39, 0.29) is 11.3 Å². The van der Waals surface area contributed by atoms with Crippen LogP contribution in [0.15, 0.2) is 91.1 Å². The molecule has 192 valence electrons. The van der Waals surface area contributed by atoms with E-state index in [9.17, 15) is 4.79 Å². The molecule has 0 bridgehead atoms. The van der Waals surface area contributed by atoms with Crippen molar-refractivity contribution in [2.45, 2.75) is 32.7 Å². The number of carbonyl (C=O) groups is 1. The third-order valence-electron chi connectivity index (χ3n) is 6.28. The Bertz CT molecular complexity index is 1570. The lowest BCUT2D eigenvalue weighted by atomic mass is 9.86. The second-order valence-electron chi connectivity index (χ2n) is 10.3. The third-order valence-corrected chi connectivity index (χ3v) is 6.28. The molecule has 0 unspecified atom stereocenters. The van der Waals surface area contributed by atoms with Gasteiger partial charge in [-0.05, 0) is 41.3 Å². The van der Waals surface area contributed by atoms with Gasteiger partial charge in [0, 0.05) is 25.4 Å². The molecule has 2 heterocycles. The molecule has 0 spiro atoms. The van der Waals surface area contributed by atoms with Crippen molar-refractivity contribution in [3.8, 4) is 11.6 Å². The van der Waals surface area contributed by atoms with Crippen molar-refractivity contribution >= 4 is 28.6 Å². The Morgan fingerprint density at radius 2 is 1.71 bits per heavy atom. The minimum Gasteiger partial charge on any atom is -0.437 e. The van der Waals surface area contributed by atoms with Crippen LogP contribution in [0.5, 0.6) is 11.6 Å². The van der Waals surface area contributed by atoms with Gasteiger partial charge in [-0.25, -0.2) is 9.97 Å². The molecular formula is C31H31N5O2. The van der Waals surface area contributed by atoms with E-state index in [4.69, 9.17) is 4.74 Å². The van der Waals surface area contributed by atoms with Gasteiger partial charge in [-0.3, -0.25) is 4.79 Å². The Morgan fingerprint density at radius 3 is 2.50 bits per heavy atom. The summed E-state index contributed by atoms with van der Waals surface area (Å²) in [5, 5.41) is 3.30. The number of rotatable bonds is 7. The number of aromatic nitrogens is 3. The third kappa shape index (κ3) is 5.37. The molecule has 0 aliphatic heterocycles. The maximum Gasteiger partial charge on any atom is 0.256 e. The van der Waals surface area contributed by atoms with Crippen molar-refractivity contribution in [2.24, 2.45) is 0 Å². The quantitative estimate of drug-likeness (QED) is 0.247. The van der Waals surface area contributed by atoms with Gasteiger partial charge in [0.1, 0.15) is 11.4 Å². The zero-order chi connectivity index (χ0) is 26.7. The highest BCUT2D eigenvalue weighted by Crippen LogP contribution is 2.36. The highest BCUT2D eigenvalue weighted by atomic mass is 16.5. The first kappa shape index (κ1) is 25.0. The van der Waals surface area contributed by atoms with Crippen LogP contribution >= 0.6 is 0 Å². The lowest BCUT2D eigenvalue weighted by Crippen LogP contribution is -2.26. The Kier molecular flexibility index (Phi) is 6.83. The smallest absolute Gasteiger partial charge is 0.256 e. The first-order chi connectivity index (χ1) is 18.3. The molecule has 0 fully saturated rings. The van der Waals surface area contributed by atoms with Gasteiger partial charge in [0.15, 0.2) is 0 Å². The number of imidazole rings is 1. The first-order valence-corrected chi connectivity index (χ1v) is 12.6. The van der Waals surface area contributed by atoms with Crippen molar-refractivity contribution < 1.29 is 9.53 Å². The minimum atomic E-state index is -0.0890. The maximum atomic E-state index is 13.3. The molecule has 1 amide bonds. The number of hydrogen-bond donors (Lipinski definition) is 2. The van der Waals surface area contributed by atoms with Crippen LogP contribution in [0.4, 0.5) is 11.6 Å². The molecule has 7 heteroatoms. The van der Waals surface area contributed by atoms with Gasteiger partial charge in [-0.2, -0.15) is 0 Å². The summed E-state index contributed by atoms with van der Waals surface area (Å²) >= 11 is 0. The lowest BCUT2D eigenvalue weighted by molar-refractivity contribution is 0.0787. The molecule has 0 radical (unpaired) electrons. The standard InChI is InChI=1S/C31H31N5O2/c1-31(2,3)23-15-8-9-18-26(23)38-28-25(17-11-19-32-28)34-30-33-24-16-10-14-22(27(24)35-30)29(37)36(4)20-21-12-6-5-7-13-21/h5-19H,20H2,1-4H3,(H2,33,34,35). The molecule has 38 heavy (non-hydrogen) atoms. The summed E-state index contributed by atoms with van der Waals surface area (Å²) in [6, 6.07) is 27.2. The van der Waals surface area contributed by atoms with Crippen molar-refractivity contribution in [3.63, 3.8) is 0 Å². The fraction of sp³-hybridized carbons (Fsp3) is 0.194. The summed E-state index contributed by atoms with van der Waals surface area (Å²) in [4.78, 5) is 27.5. The summed E-state index contributed by atoms with van der Waals surface area (Å²) in [6.07, 6.45) is 1.69. The molecule has 2 N–H and O–H groups in total. The van der Waals surface area contributed by atoms with Gasteiger partial charge in [0.2, 0.25) is 11.8 Å². The Hall–Kier alpha value is -4.65. The maximum absolute atomic E-state index is 13.3. The second-order valence-corrected chi connectivity index (χ2v) is 10.3. The van der Waals surface area contributed by atoms with E-state index in [1.165, 1.54) is 0 Å². The van der Waals surface area contributed by atoms with E-state index in [2.05, 4.69) is 47.1 Å². The Balaban J connectivity index is 1.41. The number of pyridine rings is 1. The lowest BCUT2D eigenvalue weighted by Gasteiger charge is -2.22. The number of hydrogen-bond acceptors (Lipinski definition) is 5. The number of nitrogens with zero attached hydrogens (tertiary/aromatic N) is 3. The summed E-state index contributed by atoms with van der Waals surface area (Å²) in [5.74, 6) is 1.59. The zero-order valence-corrected chi connectivity index (χ0v) is 22.0. The molecule has 5 rings (SSSR count). The number of benzene rings is 3. The number of nitrogens with one attached hydrogen (secondary N) is 2. The fourth-order valence-corrected chi connectivity index (χ4v) is 4.38. The minimum absolute atomic E-state index is 0.0844. The Labute approximate surface area is 222 Å². The normalized spacial score (nSPS) is 11.4. The van der Waals surface area contributed by atoms with E-state index in [0.717, 1.165) is 16.9 Å². The molecule has 0 atom stereocenters. The first-order valence-electron chi connectivity index (χ1n) is 12.6. The van der Waals surface area contributed by atoms with Gasteiger partial charge in [0.05, 0.1) is 16.6 Å². The van der Waals surface area contributed by atoms with Crippen molar-refractivity contribution in [3.05, 3.63) is 108 Å². The van der Waals surface area contributed by atoms with Gasteiger partial charge in [0.25, 0.3) is 5.91 Å². The van der Waals surface area contributed by atoms with Crippen molar-refractivity contribution in [1.29, 1.82) is 0 Å². The molecule has 0 saturated carbocycles. The number of carbonyl (C=O) groups excluding carboxylic acids is 1. The Morgan fingerprint density at radius 1 is 0.947 bits per heavy atom. The summed E-state index contributed by atoms with van der Waals surface area (Å²) < 4.78 is 6.29. The topological polar surface area (TPSA) is 83.1 Å². The van der Waals surface area contributed by atoms with Crippen LogP contribution in [0.1, 0.15) is 42.3 Å². The molecule has 0 saturated heterocycles. The molecule has 5 aromatic rings. The number of para-hydroxylation sites is 2. The van der Waals surface area contributed by atoms with Gasteiger partial charge in [-0.1, -0.05) is 75.4 Å². The number of anilines is 2. The molecule has 0 aliphatic rings. The fourth-order valence-electron chi connectivity index (χ4n) is 4.38. The van der Waals surface area contributed by atoms with Crippen LogP contribution < -0.4 is 10.1 Å². The van der Waals surface area contributed by atoms with Crippen LogP contribution in [0, 0.1) is 0 Å². The van der Waals surface area contributed by atoms with E-state index in [1.807, 2.05) is 78.9 Å². The predicted molar refractivity (Wildman–Crippen MR) is 151 cm³/mol. The van der Waals surface area contributed by atoms with Gasteiger partial charge in [-0.15, -0.1) is 0 Å². The van der Waals surface area contributed by atoms with E-state index < -0.39 is 0 Å². The van der Waals surface area contributed by atoms with Gasteiger partial charge >= 0.3 is 0 Å². The van der Waals surface area contributed by atoms with E-state index in [1.54, 1.807) is 18.1 Å². The number of H-pyrrole nitrogens is 1. The highest BCUT2D eigenvalue weighted by Gasteiger charge is 2.21. The monoisotopic (exact) mass is 505 g/mol. The number of amides is 1.